The highest BCUT2D eigenvalue weighted by Gasteiger charge is 2.54. The normalized spacial score (nSPS) is 19.3. The molecule has 1 fully saturated rings. The predicted molar refractivity (Wildman–Crippen MR) is 132 cm³/mol. The number of aryl methyl sites for hydroxylation is 4. The highest BCUT2D eigenvalue weighted by molar-refractivity contribution is 7.14. The molecule has 1 aliphatic carbocycles. The van der Waals surface area contributed by atoms with Crippen LogP contribution in [0.15, 0.2) is 41.8 Å². The number of nitrogens with zero attached hydrogens (tertiary/aromatic N) is 2. The van der Waals surface area contributed by atoms with E-state index >= 15 is 0 Å². The molecule has 1 saturated heterocycles. The number of nitrogens with one attached hydrogen (secondary N) is 2. The second-order valence-electron chi connectivity index (χ2n) is 9.10. The first-order valence-corrected chi connectivity index (χ1v) is 12.2. The number of hydrogen-bond donors (Lipinski definition) is 2. The van der Waals surface area contributed by atoms with Gasteiger partial charge in [-0.2, -0.15) is 0 Å². The van der Waals surface area contributed by atoms with Gasteiger partial charge in [-0.3, -0.25) is 14.5 Å². The van der Waals surface area contributed by atoms with E-state index in [1.807, 2.05) is 43.5 Å². The van der Waals surface area contributed by atoms with Crippen LogP contribution in [0.4, 0.5) is 9.93 Å². The number of benzene rings is 2. The maximum Gasteiger partial charge on any atom is 0.325 e. The van der Waals surface area contributed by atoms with Gasteiger partial charge in [-0.1, -0.05) is 42.0 Å². The fourth-order valence-corrected chi connectivity index (χ4v) is 6.01. The lowest BCUT2D eigenvalue weighted by molar-refractivity contribution is -0.134. The van der Waals surface area contributed by atoms with Crippen LogP contribution in [0, 0.1) is 20.8 Å². The van der Waals surface area contributed by atoms with Crippen LogP contribution in [0.25, 0.3) is 11.3 Å². The summed E-state index contributed by atoms with van der Waals surface area (Å²) < 4.78 is 0. The number of urea groups is 1. The molecule has 4 amide bonds. The molecule has 2 N–H and O–H groups in total. The molecule has 1 unspecified atom stereocenters. The molecule has 1 atom stereocenters. The minimum absolute atomic E-state index is 0.355. The van der Waals surface area contributed by atoms with E-state index in [0.717, 1.165) is 51.3 Å². The van der Waals surface area contributed by atoms with Crippen molar-refractivity contribution in [2.45, 2.75) is 45.6 Å². The number of carbonyl (C=O) groups excluding carboxylic acids is 3. The molecule has 2 aliphatic rings. The summed E-state index contributed by atoms with van der Waals surface area (Å²) in [6.07, 6.45) is 2.19. The summed E-state index contributed by atoms with van der Waals surface area (Å²) >= 11 is 1.32. The Morgan fingerprint density at radius 1 is 1.18 bits per heavy atom. The highest BCUT2D eigenvalue weighted by Crippen LogP contribution is 2.40. The first-order chi connectivity index (χ1) is 16.3. The topological polar surface area (TPSA) is 91.4 Å². The Labute approximate surface area is 202 Å². The Kier molecular flexibility index (Phi) is 5.48. The lowest BCUT2D eigenvalue weighted by atomic mass is 9.76. The molecule has 2 aromatic carbocycles. The van der Waals surface area contributed by atoms with E-state index in [-0.39, 0.29) is 12.5 Å². The minimum Gasteiger partial charge on any atom is -0.319 e. The van der Waals surface area contributed by atoms with Gasteiger partial charge >= 0.3 is 6.03 Å². The second kappa shape index (κ2) is 8.36. The lowest BCUT2D eigenvalue weighted by Gasteiger charge is -2.33. The van der Waals surface area contributed by atoms with Gasteiger partial charge in [0.05, 0.1) is 5.69 Å². The van der Waals surface area contributed by atoms with Crippen LogP contribution in [0.2, 0.25) is 0 Å². The van der Waals surface area contributed by atoms with Gasteiger partial charge in [0.25, 0.3) is 5.91 Å². The largest absolute Gasteiger partial charge is 0.325 e. The molecule has 0 radical (unpaired) electrons. The Bertz CT molecular complexity index is 1310. The second-order valence-corrected chi connectivity index (χ2v) is 9.96. The van der Waals surface area contributed by atoms with Gasteiger partial charge in [-0.25, -0.2) is 9.78 Å². The zero-order valence-electron chi connectivity index (χ0n) is 19.4. The average molecular weight is 475 g/mol. The maximum absolute atomic E-state index is 13.4. The number of thiazole rings is 1. The molecular weight excluding hydrogens is 448 g/mol. The Morgan fingerprint density at radius 2 is 1.91 bits per heavy atom. The summed E-state index contributed by atoms with van der Waals surface area (Å²) in [5, 5.41) is 7.98. The fourth-order valence-electron chi connectivity index (χ4n) is 5.29. The van der Waals surface area contributed by atoms with Crippen molar-refractivity contribution in [1.82, 2.24) is 15.2 Å². The zero-order chi connectivity index (χ0) is 24.0. The maximum atomic E-state index is 13.4. The Morgan fingerprint density at radius 3 is 2.68 bits per heavy atom. The van der Waals surface area contributed by atoms with Crippen LogP contribution in [0.1, 0.15) is 40.7 Å². The Balaban J connectivity index is 1.32. The van der Waals surface area contributed by atoms with Crippen molar-refractivity contribution < 1.29 is 14.4 Å². The van der Waals surface area contributed by atoms with E-state index in [2.05, 4.69) is 34.7 Å². The van der Waals surface area contributed by atoms with E-state index in [1.165, 1.54) is 16.9 Å². The van der Waals surface area contributed by atoms with Gasteiger partial charge in [0, 0.05) is 10.9 Å². The van der Waals surface area contributed by atoms with Crippen molar-refractivity contribution in [2.24, 2.45) is 0 Å². The zero-order valence-corrected chi connectivity index (χ0v) is 20.2. The summed E-state index contributed by atoms with van der Waals surface area (Å²) in [4.78, 5) is 44.5. The minimum atomic E-state index is -1.08. The number of aromatic nitrogens is 1. The summed E-state index contributed by atoms with van der Waals surface area (Å²) in [5.74, 6) is -0.826. The molecule has 174 valence electrons. The van der Waals surface area contributed by atoms with Crippen LogP contribution < -0.4 is 10.6 Å². The van der Waals surface area contributed by atoms with Crippen LogP contribution in [-0.4, -0.2) is 34.3 Å². The summed E-state index contributed by atoms with van der Waals surface area (Å²) in [7, 11) is 0. The van der Waals surface area contributed by atoms with E-state index < -0.39 is 17.5 Å². The van der Waals surface area contributed by atoms with Gasteiger partial charge in [0.1, 0.15) is 12.1 Å². The van der Waals surface area contributed by atoms with Crippen LogP contribution in [0.3, 0.4) is 0 Å². The van der Waals surface area contributed by atoms with E-state index in [9.17, 15) is 14.4 Å². The lowest BCUT2D eigenvalue weighted by Crippen LogP contribution is -2.47. The molecular formula is C26H26N4O3S. The number of carbonyl (C=O) groups is 3. The third-order valence-electron chi connectivity index (χ3n) is 6.64. The molecule has 7 nitrogen and oxygen atoms in total. The van der Waals surface area contributed by atoms with Crippen molar-refractivity contribution in [3.63, 3.8) is 0 Å². The first kappa shape index (κ1) is 22.3. The van der Waals surface area contributed by atoms with Crippen molar-refractivity contribution in [3.8, 4) is 11.3 Å². The molecule has 0 bridgehead atoms. The fraction of sp³-hybridized carbons (Fsp3) is 0.308. The number of fused-ring (bicyclic) bond motifs is 2. The third-order valence-corrected chi connectivity index (χ3v) is 7.39. The first-order valence-electron chi connectivity index (χ1n) is 11.3. The molecule has 2 heterocycles. The standard InChI is InChI=1S/C26H26N4O3S/c1-15-11-16(2)22(17(3)12-15)20-14-34-24(27-20)28-21(31)13-30-23(32)26(29-25(30)33)10-6-8-18-7-4-5-9-19(18)26/h4-5,7,9,11-12,14H,6,8,10,13H2,1-3H3,(H,29,33)(H,27,28,31). The number of imide groups is 1. The quantitative estimate of drug-likeness (QED) is 0.546. The molecule has 0 saturated carbocycles. The van der Waals surface area contributed by atoms with Crippen LogP contribution in [-0.2, 0) is 21.5 Å². The van der Waals surface area contributed by atoms with Crippen molar-refractivity contribution >= 4 is 34.3 Å². The van der Waals surface area contributed by atoms with Gasteiger partial charge in [0.2, 0.25) is 5.91 Å². The number of rotatable bonds is 4. The predicted octanol–water partition coefficient (Wildman–Crippen LogP) is 4.46. The molecule has 1 spiro atoms. The van der Waals surface area contributed by atoms with E-state index in [4.69, 9.17) is 0 Å². The van der Waals surface area contributed by atoms with E-state index in [1.54, 1.807) is 0 Å². The SMILES string of the molecule is Cc1cc(C)c(-c2csc(NC(=O)CN3C(=O)NC4(CCCc5ccccc54)C3=O)n2)c(C)c1. The molecule has 1 aromatic heterocycles. The van der Waals surface area contributed by atoms with E-state index in [0.29, 0.717) is 11.6 Å². The molecule has 1 aliphatic heterocycles. The van der Waals surface area contributed by atoms with Crippen LogP contribution >= 0.6 is 11.3 Å². The van der Waals surface area contributed by atoms with Gasteiger partial charge in [-0.05, 0) is 62.3 Å². The molecule has 5 rings (SSSR count). The van der Waals surface area contributed by atoms with Crippen molar-refractivity contribution in [2.75, 3.05) is 11.9 Å². The monoisotopic (exact) mass is 474 g/mol. The molecule has 8 heteroatoms. The van der Waals surface area contributed by atoms with Gasteiger partial charge in [-0.15, -0.1) is 11.3 Å². The molecule has 34 heavy (non-hydrogen) atoms. The summed E-state index contributed by atoms with van der Waals surface area (Å²) in [5.41, 5.74) is 6.09. The molecule has 3 aromatic rings. The van der Waals surface area contributed by atoms with Crippen LogP contribution in [0.5, 0.6) is 0 Å². The summed E-state index contributed by atoms with van der Waals surface area (Å²) in [6, 6.07) is 11.4. The van der Waals surface area contributed by atoms with Crippen molar-refractivity contribution in [1.29, 1.82) is 0 Å². The Hall–Kier alpha value is -3.52. The highest BCUT2D eigenvalue weighted by atomic mass is 32.1. The number of anilines is 1. The van der Waals surface area contributed by atoms with Crippen molar-refractivity contribution in [3.05, 3.63) is 69.6 Å². The smallest absolute Gasteiger partial charge is 0.319 e. The summed E-state index contributed by atoms with van der Waals surface area (Å²) in [6.45, 7) is 5.79. The van der Waals surface area contributed by atoms with Gasteiger partial charge in [0.15, 0.2) is 5.13 Å². The number of hydrogen-bond acceptors (Lipinski definition) is 5. The average Bonchev–Trinajstić information content (AvgIpc) is 3.32. The number of amides is 4. The third kappa shape index (κ3) is 3.68. The van der Waals surface area contributed by atoms with Gasteiger partial charge < -0.3 is 10.6 Å².